The molecule has 0 aromatic carbocycles. The first-order valence-electron chi connectivity index (χ1n) is 3.53. The van der Waals surface area contributed by atoms with E-state index in [9.17, 15) is 4.79 Å². The van der Waals surface area contributed by atoms with Gasteiger partial charge < -0.3 is 5.11 Å². The summed E-state index contributed by atoms with van der Waals surface area (Å²) in [5.74, 6) is 0. The first-order chi connectivity index (χ1) is 5.16. The van der Waals surface area contributed by atoms with Crippen LogP contribution < -0.4 is 5.56 Å². The molecule has 1 rings (SSSR count). The summed E-state index contributed by atoms with van der Waals surface area (Å²) >= 11 is 0. The topological polar surface area (TPSA) is 58.0 Å². The van der Waals surface area contributed by atoms with Crippen LogP contribution in [0.15, 0.2) is 4.79 Å². The SMILES string of the molecule is Cc1[nH]n(CCO)c(=O)c1C. The van der Waals surface area contributed by atoms with E-state index in [1.807, 2.05) is 6.92 Å². The lowest BCUT2D eigenvalue weighted by molar-refractivity contribution is 0.267. The highest BCUT2D eigenvalue weighted by Gasteiger charge is 2.04. The third-order valence-corrected chi connectivity index (χ3v) is 1.75. The Morgan fingerprint density at radius 3 is 2.55 bits per heavy atom. The number of aromatic amines is 1. The predicted molar refractivity (Wildman–Crippen MR) is 41.6 cm³/mol. The van der Waals surface area contributed by atoms with Crippen LogP contribution in [0.1, 0.15) is 11.3 Å². The fraction of sp³-hybridized carbons (Fsp3) is 0.571. The minimum Gasteiger partial charge on any atom is -0.394 e. The van der Waals surface area contributed by atoms with Gasteiger partial charge in [0.05, 0.1) is 13.2 Å². The smallest absolute Gasteiger partial charge is 0.269 e. The van der Waals surface area contributed by atoms with Gasteiger partial charge in [0.1, 0.15) is 0 Å². The van der Waals surface area contributed by atoms with Gasteiger partial charge >= 0.3 is 0 Å². The van der Waals surface area contributed by atoms with E-state index >= 15 is 0 Å². The van der Waals surface area contributed by atoms with E-state index in [-0.39, 0.29) is 12.2 Å². The van der Waals surface area contributed by atoms with Crippen LogP contribution >= 0.6 is 0 Å². The second-order valence-electron chi connectivity index (χ2n) is 2.54. The fourth-order valence-electron chi connectivity index (χ4n) is 0.957. The molecule has 0 atom stereocenters. The number of aliphatic hydroxyl groups excluding tert-OH is 1. The molecule has 4 heteroatoms. The van der Waals surface area contributed by atoms with Crippen LogP contribution in [0.25, 0.3) is 0 Å². The minimum atomic E-state index is -0.0449. The van der Waals surface area contributed by atoms with Gasteiger partial charge in [0.15, 0.2) is 0 Å². The van der Waals surface area contributed by atoms with Crippen LogP contribution in [0, 0.1) is 13.8 Å². The van der Waals surface area contributed by atoms with E-state index in [0.717, 1.165) is 11.3 Å². The largest absolute Gasteiger partial charge is 0.394 e. The molecule has 0 aliphatic rings. The standard InChI is InChI=1S/C7H12N2O2/c1-5-6(2)8-9(3-4-10)7(5)11/h8,10H,3-4H2,1-2H3. The van der Waals surface area contributed by atoms with Crippen molar-refractivity contribution in [2.45, 2.75) is 20.4 Å². The van der Waals surface area contributed by atoms with Crippen molar-refractivity contribution in [2.24, 2.45) is 0 Å². The maximum absolute atomic E-state index is 11.2. The molecular weight excluding hydrogens is 144 g/mol. The number of rotatable bonds is 2. The highest BCUT2D eigenvalue weighted by molar-refractivity contribution is 5.12. The molecule has 1 aromatic heterocycles. The quantitative estimate of drug-likeness (QED) is 0.622. The summed E-state index contributed by atoms with van der Waals surface area (Å²) in [5.41, 5.74) is 1.54. The second kappa shape index (κ2) is 2.92. The van der Waals surface area contributed by atoms with E-state index in [0.29, 0.717) is 6.54 Å². The summed E-state index contributed by atoms with van der Waals surface area (Å²) < 4.78 is 1.41. The lowest BCUT2D eigenvalue weighted by Crippen LogP contribution is -2.19. The van der Waals surface area contributed by atoms with Gasteiger partial charge in [-0.15, -0.1) is 0 Å². The Bertz CT molecular complexity index is 298. The third-order valence-electron chi connectivity index (χ3n) is 1.75. The molecule has 0 saturated heterocycles. The molecule has 0 aliphatic heterocycles. The van der Waals surface area contributed by atoms with Gasteiger partial charge in [-0.25, -0.2) is 0 Å². The van der Waals surface area contributed by atoms with Crippen molar-refractivity contribution in [3.63, 3.8) is 0 Å². The summed E-state index contributed by atoms with van der Waals surface area (Å²) in [5, 5.41) is 11.4. The minimum absolute atomic E-state index is 0.0146. The molecule has 2 N–H and O–H groups in total. The molecule has 0 bridgehead atoms. The molecule has 0 aliphatic carbocycles. The zero-order chi connectivity index (χ0) is 8.43. The number of nitrogens with zero attached hydrogens (tertiary/aromatic N) is 1. The zero-order valence-electron chi connectivity index (χ0n) is 6.72. The van der Waals surface area contributed by atoms with Crippen molar-refractivity contribution in [1.29, 1.82) is 0 Å². The van der Waals surface area contributed by atoms with E-state index < -0.39 is 0 Å². The molecule has 4 nitrogen and oxygen atoms in total. The van der Waals surface area contributed by atoms with Gasteiger partial charge in [0.25, 0.3) is 5.56 Å². The van der Waals surface area contributed by atoms with Gasteiger partial charge in [-0.05, 0) is 13.8 Å². The van der Waals surface area contributed by atoms with Gasteiger partial charge in [-0.2, -0.15) is 0 Å². The van der Waals surface area contributed by atoms with Crippen LogP contribution in [0.4, 0.5) is 0 Å². The van der Waals surface area contributed by atoms with Crippen molar-refractivity contribution in [1.82, 2.24) is 9.78 Å². The number of aliphatic hydroxyl groups is 1. The highest BCUT2D eigenvalue weighted by atomic mass is 16.3. The molecule has 11 heavy (non-hydrogen) atoms. The maximum Gasteiger partial charge on any atom is 0.269 e. The van der Waals surface area contributed by atoms with E-state index in [1.165, 1.54) is 4.68 Å². The second-order valence-corrected chi connectivity index (χ2v) is 2.54. The summed E-state index contributed by atoms with van der Waals surface area (Å²) in [4.78, 5) is 11.2. The Balaban J connectivity index is 3.09. The number of nitrogens with one attached hydrogen (secondary N) is 1. The van der Waals surface area contributed by atoms with Crippen molar-refractivity contribution < 1.29 is 5.11 Å². The summed E-state index contributed by atoms with van der Waals surface area (Å²) in [6.07, 6.45) is 0. The van der Waals surface area contributed by atoms with E-state index in [1.54, 1.807) is 6.92 Å². The van der Waals surface area contributed by atoms with Gasteiger partial charge in [-0.1, -0.05) is 0 Å². The van der Waals surface area contributed by atoms with E-state index in [2.05, 4.69) is 5.10 Å². The van der Waals surface area contributed by atoms with Crippen LogP contribution in [0.3, 0.4) is 0 Å². The van der Waals surface area contributed by atoms with Crippen molar-refractivity contribution in [3.8, 4) is 0 Å². The van der Waals surface area contributed by atoms with Crippen LogP contribution in [-0.4, -0.2) is 21.5 Å². The summed E-state index contributed by atoms with van der Waals surface area (Å²) in [7, 11) is 0. The average molecular weight is 156 g/mol. The molecule has 0 amide bonds. The van der Waals surface area contributed by atoms with Crippen LogP contribution in [-0.2, 0) is 6.54 Å². The Labute approximate surface area is 64.5 Å². The molecule has 0 fully saturated rings. The van der Waals surface area contributed by atoms with Crippen molar-refractivity contribution >= 4 is 0 Å². The summed E-state index contributed by atoms with van der Waals surface area (Å²) in [6, 6.07) is 0. The van der Waals surface area contributed by atoms with Crippen LogP contribution in [0.2, 0.25) is 0 Å². The number of hydrogen-bond acceptors (Lipinski definition) is 2. The first kappa shape index (κ1) is 8.07. The lowest BCUT2D eigenvalue weighted by Gasteiger charge is -1.94. The average Bonchev–Trinajstić information content (AvgIpc) is 2.19. The molecule has 0 spiro atoms. The molecule has 0 unspecified atom stereocenters. The number of aromatic nitrogens is 2. The number of hydrogen-bond donors (Lipinski definition) is 2. The monoisotopic (exact) mass is 156 g/mol. The molecule has 0 saturated carbocycles. The maximum atomic E-state index is 11.2. The van der Waals surface area contributed by atoms with E-state index in [4.69, 9.17) is 5.11 Å². The Hall–Kier alpha value is -1.03. The van der Waals surface area contributed by atoms with Gasteiger partial charge in [-0.3, -0.25) is 14.6 Å². The fourth-order valence-corrected chi connectivity index (χ4v) is 0.957. The number of H-pyrrole nitrogens is 1. The lowest BCUT2D eigenvalue weighted by atomic mass is 10.3. The molecule has 1 heterocycles. The van der Waals surface area contributed by atoms with Crippen molar-refractivity contribution in [3.05, 3.63) is 21.6 Å². The molecule has 62 valence electrons. The van der Waals surface area contributed by atoms with Crippen LogP contribution in [0.5, 0.6) is 0 Å². The molecular formula is C7H12N2O2. The molecule has 0 radical (unpaired) electrons. The molecule has 1 aromatic rings. The Kier molecular flexibility index (Phi) is 2.14. The normalized spacial score (nSPS) is 10.5. The Morgan fingerprint density at radius 1 is 1.55 bits per heavy atom. The third kappa shape index (κ3) is 1.35. The van der Waals surface area contributed by atoms with Crippen molar-refractivity contribution in [2.75, 3.05) is 6.61 Å². The van der Waals surface area contributed by atoms with Gasteiger partial charge in [0.2, 0.25) is 0 Å². The first-order valence-corrected chi connectivity index (χ1v) is 3.53. The number of aryl methyl sites for hydroxylation is 1. The van der Waals surface area contributed by atoms with Gasteiger partial charge in [0, 0.05) is 11.3 Å². The Morgan fingerprint density at radius 2 is 2.18 bits per heavy atom. The zero-order valence-corrected chi connectivity index (χ0v) is 6.72. The summed E-state index contributed by atoms with van der Waals surface area (Å²) in [6.45, 7) is 3.93. The predicted octanol–water partition coefficient (Wildman–Crippen LogP) is -0.214. The highest BCUT2D eigenvalue weighted by Crippen LogP contribution is 1.94.